The highest BCUT2D eigenvalue weighted by Gasteiger charge is 2.05. The number of hydrogen-bond donors (Lipinski definition) is 1. The van der Waals surface area contributed by atoms with Gasteiger partial charge in [0.1, 0.15) is 0 Å². The summed E-state index contributed by atoms with van der Waals surface area (Å²) in [7, 11) is 0. The summed E-state index contributed by atoms with van der Waals surface area (Å²) in [5.74, 6) is 0.433. The topological polar surface area (TPSA) is 34.0 Å². The molecule has 2 aromatic rings. The minimum Gasteiger partial charge on any atom is -0.383 e. The van der Waals surface area contributed by atoms with E-state index >= 15 is 0 Å². The zero-order valence-corrected chi connectivity index (χ0v) is 12.2. The number of aryl methyl sites for hydroxylation is 1. The Morgan fingerprint density at radius 1 is 1.15 bits per heavy atom. The van der Waals surface area contributed by atoms with Crippen LogP contribution in [-0.2, 0) is 6.54 Å². The molecule has 1 atom stereocenters. The molecule has 0 fully saturated rings. The smallest absolute Gasteiger partial charge is 0.250 e. The third-order valence-corrected chi connectivity index (χ3v) is 3.43. The molecule has 0 aliphatic heterocycles. The van der Waals surface area contributed by atoms with E-state index in [0.717, 1.165) is 25.2 Å². The van der Waals surface area contributed by atoms with E-state index in [1.165, 1.54) is 5.56 Å². The first-order valence-corrected chi connectivity index (χ1v) is 7.20. The second kappa shape index (κ2) is 6.94. The van der Waals surface area contributed by atoms with E-state index in [1.54, 1.807) is 10.6 Å². The molecule has 0 aliphatic carbocycles. The average Bonchev–Trinajstić information content (AvgIpc) is 2.49. The van der Waals surface area contributed by atoms with Gasteiger partial charge in [0.05, 0.1) is 5.69 Å². The molecule has 1 aromatic carbocycles. The Morgan fingerprint density at radius 3 is 2.60 bits per heavy atom. The molecule has 0 aliphatic rings. The van der Waals surface area contributed by atoms with Crippen LogP contribution in [0.4, 0.5) is 5.69 Å². The van der Waals surface area contributed by atoms with Crippen molar-refractivity contribution in [3.05, 3.63) is 64.6 Å². The molecule has 1 heterocycles. The van der Waals surface area contributed by atoms with Crippen LogP contribution in [0.25, 0.3) is 0 Å². The molecule has 0 saturated carbocycles. The lowest BCUT2D eigenvalue weighted by Crippen LogP contribution is -2.19. The molecule has 3 heteroatoms. The SMILES string of the molecule is CCCn1cc(NCC(C)c2ccccc2)ccc1=O. The molecule has 1 N–H and O–H groups in total. The number of hydrogen-bond acceptors (Lipinski definition) is 2. The predicted octanol–water partition coefficient (Wildman–Crippen LogP) is 3.47. The molecule has 106 valence electrons. The molecule has 0 bridgehead atoms. The Morgan fingerprint density at radius 2 is 1.90 bits per heavy atom. The largest absolute Gasteiger partial charge is 0.383 e. The van der Waals surface area contributed by atoms with Gasteiger partial charge in [-0.05, 0) is 24.0 Å². The van der Waals surface area contributed by atoms with Crippen molar-refractivity contribution in [3.63, 3.8) is 0 Å². The molecule has 1 aromatic heterocycles. The fourth-order valence-corrected chi connectivity index (χ4v) is 2.22. The molecule has 0 amide bonds. The van der Waals surface area contributed by atoms with Crippen LogP contribution < -0.4 is 10.9 Å². The molecule has 0 radical (unpaired) electrons. The van der Waals surface area contributed by atoms with Gasteiger partial charge in [0.15, 0.2) is 0 Å². The Hall–Kier alpha value is -2.03. The van der Waals surface area contributed by atoms with Crippen LogP contribution in [0.15, 0.2) is 53.5 Å². The van der Waals surface area contributed by atoms with E-state index in [0.29, 0.717) is 5.92 Å². The lowest BCUT2D eigenvalue weighted by Gasteiger charge is -2.15. The molecular formula is C17H22N2O. The van der Waals surface area contributed by atoms with E-state index in [-0.39, 0.29) is 5.56 Å². The highest BCUT2D eigenvalue weighted by Crippen LogP contribution is 2.15. The van der Waals surface area contributed by atoms with Gasteiger partial charge in [-0.2, -0.15) is 0 Å². The third kappa shape index (κ3) is 3.73. The number of pyridine rings is 1. The summed E-state index contributed by atoms with van der Waals surface area (Å²) >= 11 is 0. The van der Waals surface area contributed by atoms with E-state index in [4.69, 9.17) is 0 Å². The van der Waals surface area contributed by atoms with Crippen molar-refractivity contribution in [2.45, 2.75) is 32.7 Å². The third-order valence-electron chi connectivity index (χ3n) is 3.43. The van der Waals surface area contributed by atoms with Crippen LogP contribution in [0, 0.1) is 0 Å². The molecule has 0 spiro atoms. The second-order valence-electron chi connectivity index (χ2n) is 5.14. The zero-order valence-electron chi connectivity index (χ0n) is 12.2. The molecule has 20 heavy (non-hydrogen) atoms. The zero-order chi connectivity index (χ0) is 14.4. The number of rotatable bonds is 6. The number of nitrogens with zero attached hydrogens (tertiary/aromatic N) is 1. The maximum absolute atomic E-state index is 11.7. The average molecular weight is 270 g/mol. The summed E-state index contributed by atoms with van der Waals surface area (Å²) < 4.78 is 1.76. The first-order chi connectivity index (χ1) is 9.70. The highest BCUT2D eigenvalue weighted by atomic mass is 16.1. The van der Waals surface area contributed by atoms with Gasteiger partial charge in [0.25, 0.3) is 5.56 Å². The minimum absolute atomic E-state index is 0.0634. The molecule has 3 nitrogen and oxygen atoms in total. The van der Waals surface area contributed by atoms with Crippen LogP contribution in [-0.4, -0.2) is 11.1 Å². The maximum atomic E-state index is 11.7. The minimum atomic E-state index is 0.0634. The van der Waals surface area contributed by atoms with Gasteiger partial charge in [-0.25, -0.2) is 0 Å². The number of nitrogens with one attached hydrogen (secondary N) is 1. The van der Waals surface area contributed by atoms with Crippen molar-refractivity contribution in [1.29, 1.82) is 0 Å². The Balaban J connectivity index is 2.00. The van der Waals surface area contributed by atoms with Crippen LogP contribution in [0.5, 0.6) is 0 Å². The van der Waals surface area contributed by atoms with Gasteiger partial charge >= 0.3 is 0 Å². The second-order valence-corrected chi connectivity index (χ2v) is 5.14. The van der Waals surface area contributed by atoms with Crippen molar-refractivity contribution in [2.75, 3.05) is 11.9 Å². The van der Waals surface area contributed by atoms with E-state index in [1.807, 2.05) is 18.3 Å². The Kier molecular flexibility index (Phi) is 4.99. The van der Waals surface area contributed by atoms with E-state index in [2.05, 4.69) is 43.4 Å². The lowest BCUT2D eigenvalue weighted by molar-refractivity contribution is 0.654. The van der Waals surface area contributed by atoms with Gasteiger partial charge in [-0.1, -0.05) is 44.2 Å². The van der Waals surface area contributed by atoms with Crippen molar-refractivity contribution in [3.8, 4) is 0 Å². The number of anilines is 1. The summed E-state index contributed by atoms with van der Waals surface area (Å²) in [6.45, 7) is 5.89. The standard InChI is InChI=1S/C17H22N2O/c1-3-11-19-13-16(9-10-17(19)20)18-12-14(2)15-7-5-4-6-8-15/h4-10,13-14,18H,3,11-12H2,1-2H3. The molecule has 0 saturated heterocycles. The summed E-state index contributed by atoms with van der Waals surface area (Å²) in [5.41, 5.74) is 2.39. The fraction of sp³-hybridized carbons (Fsp3) is 0.353. The number of benzene rings is 1. The van der Waals surface area contributed by atoms with E-state index in [9.17, 15) is 4.79 Å². The first kappa shape index (κ1) is 14.4. The van der Waals surface area contributed by atoms with Crippen molar-refractivity contribution in [2.24, 2.45) is 0 Å². The Bertz CT molecular complexity index is 589. The quantitative estimate of drug-likeness (QED) is 0.872. The van der Waals surface area contributed by atoms with Gasteiger partial charge < -0.3 is 9.88 Å². The summed E-state index contributed by atoms with van der Waals surface area (Å²) in [6.07, 6.45) is 2.87. The van der Waals surface area contributed by atoms with Gasteiger partial charge in [-0.15, -0.1) is 0 Å². The summed E-state index contributed by atoms with van der Waals surface area (Å²) in [4.78, 5) is 11.7. The monoisotopic (exact) mass is 270 g/mol. The highest BCUT2D eigenvalue weighted by molar-refractivity contribution is 5.41. The maximum Gasteiger partial charge on any atom is 0.250 e. The van der Waals surface area contributed by atoms with Crippen LogP contribution >= 0.6 is 0 Å². The summed E-state index contributed by atoms with van der Waals surface area (Å²) in [6, 6.07) is 13.9. The Labute approximate surface area is 120 Å². The number of aromatic nitrogens is 1. The van der Waals surface area contributed by atoms with Gasteiger partial charge in [0.2, 0.25) is 0 Å². The van der Waals surface area contributed by atoms with Crippen LogP contribution in [0.1, 0.15) is 31.7 Å². The molecule has 2 rings (SSSR count). The fourth-order valence-electron chi connectivity index (χ4n) is 2.22. The van der Waals surface area contributed by atoms with Crippen LogP contribution in [0.3, 0.4) is 0 Å². The first-order valence-electron chi connectivity index (χ1n) is 7.20. The predicted molar refractivity (Wildman–Crippen MR) is 84.3 cm³/mol. The molecular weight excluding hydrogens is 248 g/mol. The van der Waals surface area contributed by atoms with Crippen LogP contribution in [0.2, 0.25) is 0 Å². The molecule has 1 unspecified atom stereocenters. The van der Waals surface area contributed by atoms with Crippen molar-refractivity contribution >= 4 is 5.69 Å². The van der Waals surface area contributed by atoms with E-state index < -0.39 is 0 Å². The van der Waals surface area contributed by atoms with Gasteiger partial charge in [0, 0.05) is 25.4 Å². The van der Waals surface area contributed by atoms with Gasteiger partial charge in [-0.3, -0.25) is 4.79 Å². The lowest BCUT2D eigenvalue weighted by atomic mass is 10.0. The van der Waals surface area contributed by atoms with Crippen molar-refractivity contribution in [1.82, 2.24) is 4.57 Å². The normalized spacial score (nSPS) is 12.1. The van der Waals surface area contributed by atoms with Crippen molar-refractivity contribution < 1.29 is 0 Å². The summed E-state index contributed by atoms with van der Waals surface area (Å²) in [5, 5.41) is 3.41.